The van der Waals surface area contributed by atoms with Crippen LogP contribution in [0.3, 0.4) is 0 Å². The zero-order valence-corrected chi connectivity index (χ0v) is 20.8. The quantitative estimate of drug-likeness (QED) is 0.539. The maximum atomic E-state index is 12.7. The van der Waals surface area contributed by atoms with Crippen LogP contribution in [0.5, 0.6) is 0 Å². The molecule has 2 aliphatic carbocycles. The Kier molecular flexibility index (Phi) is 7.85. The highest BCUT2D eigenvalue weighted by molar-refractivity contribution is 5.92. The van der Waals surface area contributed by atoms with Crippen molar-refractivity contribution in [1.29, 1.82) is 10.5 Å². The first-order chi connectivity index (χ1) is 17.4. The van der Waals surface area contributed by atoms with Crippen molar-refractivity contribution in [3.8, 4) is 12.1 Å². The third kappa shape index (κ3) is 5.66. The normalized spacial score (nSPS) is 15.4. The van der Waals surface area contributed by atoms with Gasteiger partial charge < -0.3 is 14.8 Å². The fourth-order valence-corrected chi connectivity index (χ4v) is 4.73. The molecule has 1 N–H and O–H groups in total. The van der Waals surface area contributed by atoms with Gasteiger partial charge >= 0.3 is 0 Å². The number of aromatic nitrogens is 2. The number of halogens is 1. The molecule has 36 heavy (non-hydrogen) atoms. The van der Waals surface area contributed by atoms with Crippen LogP contribution in [0.25, 0.3) is 11.0 Å². The minimum atomic E-state index is -0.325. The molecular weight excluding hydrogens is 455 g/mol. The van der Waals surface area contributed by atoms with Crippen molar-refractivity contribution in [3.05, 3.63) is 63.8 Å². The van der Waals surface area contributed by atoms with Gasteiger partial charge in [-0.3, -0.25) is 4.79 Å². The Balaban J connectivity index is 0.000000211. The van der Waals surface area contributed by atoms with Gasteiger partial charge in [0.05, 0.1) is 11.2 Å². The molecule has 1 aromatic carbocycles. The minimum absolute atomic E-state index is 0.0978. The summed E-state index contributed by atoms with van der Waals surface area (Å²) in [6.45, 7) is 0.990. The molecule has 2 aromatic heterocycles. The van der Waals surface area contributed by atoms with Crippen LogP contribution in [0.4, 0.5) is 15.8 Å². The minimum Gasteiger partial charge on any atom is -0.385 e. The maximum absolute atomic E-state index is 12.7. The molecule has 0 bridgehead atoms. The van der Waals surface area contributed by atoms with Gasteiger partial charge in [-0.25, -0.2) is 9.37 Å². The molecule has 3 aromatic rings. The van der Waals surface area contributed by atoms with Crippen LogP contribution in [-0.2, 0) is 7.05 Å². The van der Waals surface area contributed by atoms with E-state index in [-0.39, 0.29) is 28.7 Å². The highest BCUT2D eigenvalue weighted by Crippen LogP contribution is 2.32. The van der Waals surface area contributed by atoms with Gasteiger partial charge in [-0.1, -0.05) is 25.3 Å². The van der Waals surface area contributed by atoms with Crippen LogP contribution < -0.4 is 15.8 Å². The lowest BCUT2D eigenvalue weighted by Crippen LogP contribution is -2.36. The zero-order chi connectivity index (χ0) is 25.7. The molecule has 7 nitrogen and oxygen atoms in total. The topological polar surface area (TPSA) is 97.7 Å². The summed E-state index contributed by atoms with van der Waals surface area (Å²) in [7, 11) is 3.55. The second-order valence-electron chi connectivity index (χ2n) is 9.61. The number of aryl methyl sites for hydroxylation is 1. The van der Waals surface area contributed by atoms with Crippen LogP contribution in [0.2, 0.25) is 0 Å². The van der Waals surface area contributed by atoms with Gasteiger partial charge in [0.15, 0.2) is 0 Å². The van der Waals surface area contributed by atoms with Gasteiger partial charge in [0.2, 0.25) is 0 Å². The molecule has 2 fully saturated rings. The highest BCUT2D eigenvalue weighted by atomic mass is 19.1. The van der Waals surface area contributed by atoms with E-state index in [1.807, 2.05) is 24.1 Å². The lowest BCUT2D eigenvalue weighted by atomic mass is 9.93. The summed E-state index contributed by atoms with van der Waals surface area (Å²) in [5.74, 6) is 0.657. The third-order valence-electron chi connectivity index (χ3n) is 7.03. The number of benzene rings is 1. The summed E-state index contributed by atoms with van der Waals surface area (Å²) < 4.78 is 14.1. The van der Waals surface area contributed by atoms with E-state index in [4.69, 9.17) is 5.26 Å². The maximum Gasteiger partial charge on any atom is 0.270 e. The number of rotatable bonds is 5. The number of nitriles is 2. The van der Waals surface area contributed by atoms with Gasteiger partial charge in [-0.15, -0.1) is 0 Å². The van der Waals surface area contributed by atoms with Crippen LogP contribution in [0.1, 0.15) is 56.2 Å². The Morgan fingerprint density at radius 1 is 1.11 bits per heavy atom. The lowest BCUT2D eigenvalue weighted by molar-refractivity contribution is 0.428. The molecule has 0 saturated heterocycles. The standard InChI is InChI=1S/C18H19N5O.C10H12FN/c1-22(13-6-4-3-5-7-13)17-14(11-20)18(24)23(2)15-9-8-12(10-19)21-16(15)17;11-9-2-1-3-10(6-9)12-7-8-4-5-8/h8-9,13H,3-7H2,1-2H3;1-3,6,8,12H,4-5,7H2. The Labute approximate surface area is 210 Å². The average Bonchev–Trinajstić information content (AvgIpc) is 3.74. The van der Waals surface area contributed by atoms with E-state index in [9.17, 15) is 14.4 Å². The van der Waals surface area contributed by atoms with E-state index in [2.05, 4.69) is 16.4 Å². The number of anilines is 2. The van der Waals surface area contributed by atoms with E-state index in [0.717, 1.165) is 43.8 Å². The van der Waals surface area contributed by atoms with Crippen molar-refractivity contribution >= 4 is 22.4 Å². The predicted octanol–water partition coefficient (Wildman–Crippen LogP) is 5.09. The molecule has 0 spiro atoms. The highest BCUT2D eigenvalue weighted by Gasteiger charge is 2.26. The molecule has 8 heteroatoms. The van der Waals surface area contributed by atoms with Crippen LogP contribution in [-0.4, -0.2) is 29.2 Å². The van der Waals surface area contributed by atoms with Crippen LogP contribution in [0, 0.1) is 34.4 Å². The number of nitrogens with zero attached hydrogens (tertiary/aromatic N) is 5. The first kappa shape index (κ1) is 25.2. The van der Waals surface area contributed by atoms with Crippen LogP contribution >= 0.6 is 0 Å². The molecule has 186 valence electrons. The predicted molar refractivity (Wildman–Crippen MR) is 139 cm³/mol. The van der Waals surface area contributed by atoms with Crippen molar-refractivity contribution < 1.29 is 4.39 Å². The Morgan fingerprint density at radius 2 is 1.86 bits per heavy atom. The van der Waals surface area contributed by atoms with Gasteiger partial charge in [0.1, 0.15) is 34.7 Å². The van der Waals surface area contributed by atoms with E-state index >= 15 is 0 Å². The summed E-state index contributed by atoms with van der Waals surface area (Å²) in [4.78, 5) is 19.0. The van der Waals surface area contributed by atoms with Gasteiger partial charge in [0, 0.05) is 32.4 Å². The Hall–Kier alpha value is -3.91. The van der Waals surface area contributed by atoms with E-state index < -0.39 is 0 Å². The number of fused-ring (bicyclic) bond motifs is 1. The van der Waals surface area contributed by atoms with E-state index in [1.165, 1.54) is 36.0 Å². The molecule has 0 atom stereocenters. The molecule has 0 aliphatic heterocycles. The molecule has 2 saturated carbocycles. The number of hydrogen-bond acceptors (Lipinski definition) is 6. The summed E-state index contributed by atoms with van der Waals surface area (Å²) in [5.41, 5.74) is 2.68. The molecule has 5 rings (SSSR count). The molecule has 0 unspecified atom stereocenters. The molecule has 0 amide bonds. The smallest absolute Gasteiger partial charge is 0.270 e. The SMILES string of the molecule is CN(c1c(C#N)c(=O)n(C)c2ccc(C#N)nc12)C1CCCCC1.Fc1cccc(NCC2CC2)c1. The number of pyridine rings is 2. The fraction of sp³-hybridized carbons (Fsp3) is 0.429. The Bertz CT molecular complexity index is 1380. The van der Waals surface area contributed by atoms with E-state index in [1.54, 1.807) is 25.2 Å². The Morgan fingerprint density at radius 3 is 2.50 bits per heavy atom. The molecular formula is C28H31FN6O. The summed E-state index contributed by atoms with van der Waals surface area (Å²) in [5, 5.41) is 21.9. The lowest BCUT2D eigenvalue weighted by Gasteiger charge is -2.33. The van der Waals surface area contributed by atoms with Crippen molar-refractivity contribution in [2.75, 3.05) is 23.8 Å². The molecule has 2 aliphatic rings. The van der Waals surface area contributed by atoms with Crippen molar-refractivity contribution in [3.63, 3.8) is 0 Å². The second kappa shape index (κ2) is 11.2. The van der Waals surface area contributed by atoms with E-state index in [0.29, 0.717) is 16.7 Å². The third-order valence-corrected chi connectivity index (χ3v) is 7.03. The first-order valence-corrected chi connectivity index (χ1v) is 12.5. The number of hydrogen-bond donors (Lipinski definition) is 1. The van der Waals surface area contributed by atoms with Crippen molar-refractivity contribution in [2.24, 2.45) is 13.0 Å². The summed E-state index contributed by atoms with van der Waals surface area (Å²) in [6, 6.07) is 14.3. The monoisotopic (exact) mass is 486 g/mol. The van der Waals surface area contributed by atoms with Gasteiger partial charge in [0.25, 0.3) is 5.56 Å². The van der Waals surface area contributed by atoms with Crippen molar-refractivity contribution in [1.82, 2.24) is 9.55 Å². The average molecular weight is 487 g/mol. The summed E-state index contributed by atoms with van der Waals surface area (Å²) >= 11 is 0. The van der Waals surface area contributed by atoms with Gasteiger partial charge in [-0.05, 0) is 61.9 Å². The summed E-state index contributed by atoms with van der Waals surface area (Å²) in [6.07, 6.45) is 8.24. The second-order valence-corrected chi connectivity index (χ2v) is 9.61. The largest absolute Gasteiger partial charge is 0.385 e. The van der Waals surface area contributed by atoms with Crippen LogP contribution in [0.15, 0.2) is 41.2 Å². The fourth-order valence-electron chi connectivity index (χ4n) is 4.73. The molecule has 0 radical (unpaired) electrons. The number of nitrogens with one attached hydrogen (secondary N) is 1. The zero-order valence-electron chi connectivity index (χ0n) is 20.8. The molecule has 2 heterocycles. The van der Waals surface area contributed by atoms with Crippen molar-refractivity contribution in [2.45, 2.75) is 51.0 Å². The van der Waals surface area contributed by atoms with Gasteiger partial charge in [-0.2, -0.15) is 10.5 Å². The first-order valence-electron chi connectivity index (χ1n) is 12.5.